The molecule has 0 bridgehead atoms. The number of hydrogen-bond donors (Lipinski definition) is 1. The van der Waals surface area contributed by atoms with Crippen LogP contribution in [0.2, 0.25) is 0 Å². The maximum Gasteiger partial charge on any atom is 0.340 e. The van der Waals surface area contributed by atoms with Crippen molar-refractivity contribution in [1.29, 1.82) is 0 Å². The van der Waals surface area contributed by atoms with Gasteiger partial charge in [-0.25, -0.2) is 13.6 Å². The second-order valence-corrected chi connectivity index (χ2v) is 4.66. The maximum absolute atomic E-state index is 13.5. The summed E-state index contributed by atoms with van der Waals surface area (Å²) in [6.45, 7) is 0. The van der Waals surface area contributed by atoms with Gasteiger partial charge < -0.3 is 9.84 Å². The number of benzene rings is 2. The monoisotopic (exact) mass is 296 g/mol. The fraction of sp³-hybridized carbons (Fsp3) is 0.0714. The van der Waals surface area contributed by atoms with Gasteiger partial charge in [-0.2, -0.15) is 0 Å². The smallest absolute Gasteiger partial charge is 0.340 e. The van der Waals surface area contributed by atoms with Crippen LogP contribution in [0.4, 0.5) is 8.78 Å². The van der Waals surface area contributed by atoms with E-state index >= 15 is 0 Å². The molecule has 0 unspecified atom stereocenters. The number of halogens is 2. The lowest BCUT2D eigenvalue weighted by Gasteiger charge is -2.12. The molecule has 0 radical (unpaired) electrons. The number of carbonyl (C=O) groups is 1. The van der Waals surface area contributed by atoms with Crippen LogP contribution in [0.1, 0.15) is 10.4 Å². The summed E-state index contributed by atoms with van der Waals surface area (Å²) in [6.07, 6.45) is 1.72. The molecule has 2 aromatic carbocycles. The van der Waals surface area contributed by atoms with Crippen LogP contribution in [0.3, 0.4) is 0 Å². The Hall–Kier alpha value is -2.08. The molecule has 2 aromatic rings. The van der Waals surface area contributed by atoms with Gasteiger partial charge >= 0.3 is 5.97 Å². The Morgan fingerprint density at radius 3 is 2.60 bits per heavy atom. The van der Waals surface area contributed by atoms with Gasteiger partial charge in [0.2, 0.25) is 0 Å². The molecule has 3 nitrogen and oxygen atoms in total. The minimum atomic E-state index is -1.19. The first-order valence-corrected chi connectivity index (χ1v) is 6.78. The number of ether oxygens (including phenoxy) is 1. The molecule has 0 amide bonds. The molecule has 0 spiro atoms. The number of thioether (sulfide) groups is 1. The zero-order chi connectivity index (χ0) is 14.7. The van der Waals surface area contributed by atoms with Gasteiger partial charge in [-0.15, -0.1) is 11.8 Å². The lowest BCUT2D eigenvalue weighted by Crippen LogP contribution is -2.03. The minimum absolute atomic E-state index is 0.0335. The van der Waals surface area contributed by atoms with Crippen molar-refractivity contribution < 1.29 is 23.4 Å². The molecular formula is C14H10F2O3S. The number of hydrogen-bond acceptors (Lipinski definition) is 3. The lowest BCUT2D eigenvalue weighted by atomic mass is 10.2. The van der Waals surface area contributed by atoms with Crippen LogP contribution in [0, 0.1) is 11.6 Å². The summed E-state index contributed by atoms with van der Waals surface area (Å²) < 4.78 is 31.8. The van der Waals surface area contributed by atoms with E-state index in [0.29, 0.717) is 4.90 Å². The lowest BCUT2D eigenvalue weighted by molar-refractivity contribution is 0.0690. The SMILES string of the molecule is CSc1cccc(Oc2cc(F)ccc2F)c1C(=O)O. The first kappa shape index (κ1) is 14.3. The molecule has 0 aliphatic rings. The fourth-order valence-electron chi connectivity index (χ4n) is 1.65. The van der Waals surface area contributed by atoms with E-state index in [1.165, 1.54) is 17.8 Å². The fourth-order valence-corrected chi connectivity index (χ4v) is 2.26. The van der Waals surface area contributed by atoms with Crippen molar-refractivity contribution in [3.63, 3.8) is 0 Å². The van der Waals surface area contributed by atoms with Crippen LogP contribution in [0.15, 0.2) is 41.3 Å². The molecule has 0 fully saturated rings. The van der Waals surface area contributed by atoms with Crippen LogP contribution < -0.4 is 4.74 Å². The van der Waals surface area contributed by atoms with E-state index in [2.05, 4.69) is 0 Å². The Kier molecular flexibility index (Phi) is 4.24. The highest BCUT2D eigenvalue weighted by Crippen LogP contribution is 2.33. The summed E-state index contributed by atoms with van der Waals surface area (Å²) in [5, 5.41) is 9.22. The van der Waals surface area contributed by atoms with Gasteiger partial charge in [-0.1, -0.05) is 6.07 Å². The Labute approximate surface area is 118 Å². The van der Waals surface area contributed by atoms with Crippen molar-refractivity contribution >= 4 is 17.7 Å². The van der Waals surface area contributed by atoms with E-state index in [1.54, 1.807) is 18.4 Å². The molecule has 0 saturated heterocycles. The summed E-state index contributed by atoms with van der Waals surface area (Å²) >= 11 is 1.23. The molecule has 6 heteroatoms. The Balaban J connectivity index is 2.48. The van der Waals surface area contributed by atoms with Gasteiger partial charge in [-0.05, 0) is 30.5 Å². The number of aromatic carboxylic acids is 1. The summed E-state index contributed by atoms with van der Waals surface area (Å²) in [4.78, 5) is 11.8. The standard InChI is InChI=1S/C14H10F2O3S/c1-20-12-4-2-3-10(13(12)14(17)18)19-11-7-8(15)5-6-9(11)16/h2-7H,1H3,(H,17,18). The van der Waals surface area contributed by atoms with E-state index in [4.69, 9.17) is 4.74 Å². The summed E-state index contributed by atoms with van der Waals surface area (Å²) in [7, 11) is 0. The summed E-state index contributed by atoms with van der Waals surface area (Å²) in [6, 6.07) is 7.34. The predicted molar refractivity (Wildman–Crippen MR) is 71.6 cm³/mol. The minimum Gasteiger partial charge on any atom is -0.478 e. The average molecular weight is 296 g/mol. The van der Waals surface area contributed by atoms with Gasteiger partial charge in [0.05, 0.1) is 0 Å². The highest BCUT2D eigenvalue weighted by Gasteiger charge is 2.18. The molecule has 0 aromatic heterocycles. The zero-order valence-electron chi connectivity index (χ0n) is 10.4. The predicted octanol–water partition coefficient (Wildman–Crippen LogP) is 4.18. The van der Waals surface area contributed by atoms with Crippen LogP contribution in [0.5, 0.6) is 11.5 Å². The number of carboxylic acid groups (broad SMARTS) is 1. The van der Waals surface area contributed by atoms with Crippen molar-refractivity contribution in [1.82, 2.24) is 0 Å². The largest absolute Gasteiger partial charge is 0.478 e. The van der Waals surface area contributed by atoms with Crippen molar-refractivity contribution in [3.8, 4) is 11.5 Å². The highest BCUT2D eigenvalue weighted by atomic mass is 32.2. The molecule has 0 heterocycles. The maximum atomic E-state index is 13.5. The van der Waals surface area contributed by atoms with Crippen LogP contribution in [-0.2, 0) is 0 Å². The topological polar surface area (TPSA) is 46.5 Å². The van der Waals surface area contributed by atoms with E-state index in [-0.39, 0.29) is 17.1 Å². The Morgan fingerprint density at radius 2 is 1.95 bits per heavy atom. The normalized spacial score (nSPS) is 10.3. The molecule has 0 atom stereocenters. The molecule has 2 rings (SSSR count). The van der Waals surface area contributed by atoms with E-state index in [0.717, 1.165) is 18.2 Å². The zero-order valence-corrected chi connectivity index (χ0v) is 11.2. The average Bonchev–Trinajstić information content (AvgIpc) is 2.42. The number of rotatable bonds is 4. The van der Waals surface area contributed by atoms with Crippen LogP contribution in [-0.4, -0.2) is 17.3 Å². The third-order valence-electron chi connectivity index (χ3n) is 2.53. The van der Waals surface area contributed by atoms with Crippen LogP contribution >= 0.6 is 11.8 Å². The highest BCUT2D eigenvalue weighted by molar-refractivity contribution is 7.98. The van der Waals surface area contributed by atoms with E-state index in [1.807, 2.05) is 0 Å². The number of carboxylic acids is 1. The quantitative estimate of drug-likeness (QED) is 0.860. The van der Waals surface area contributed by atoms with Gasteiger partial charge in [0.15, 0.2) is 11.6 Å². The first-order valence-electron chi connectivity index (χ1n) is 5.56. The van der Waals surface area contributed by atoms with Crippen LogP contribution in [0.25, 0.3) is 0 Å². The molecule has 0 saturated carbocycles. The third-order valence-corrected chi connectivity index (χ3v) is 3.31. The van der Waals surface area contributed by atoms with E-state index in [9.17, 15) is 18.7 Å². The Morgan fingerprint density at radius 1 is 1.20 bits per heavy atom. The van der Waals surface area contributed by atoms with E-state index < -0.39 is 17.6 Å². The summed E-state index contributed by atoms with van der Waals surface area (Å²) in [5.41, 5.74) is -0.0799. The Bertz CT molecular complexity index is 659. The van der Waals surface area contributed by atoms with Gasteiger partial charge in [0, 0.05) is 11.0 Å². The second kappa shape index (κ2) is 5.92. The molecule has 104 valence electrons. The third kappa shape index (κ3) is 2.91. The second-order valence-electron chi connectivity index (χ2n) is 3.82. The van der Waals surface area contributed by atoms with Gasteiger partial charge in [-0.3, -0.25) is 0 Å². The molecular weight excluding hydrogens is 286 g/mol. The molecule has 0 aliphatic heterocycles. The first-order chi connectivity index (χ1) is 9.52. The van der Waals surface area contributed by atoms with Gasteiger partial charge in [0.25, 0.3) is 0 Å². The molecule has 20 heavy (non-hydrogen) atoms. The van der Waals surface area contributed by atoms with Crippen molar-refractivity contribution in [2.45, 2.75) is 4.90 Å². The van der Waals surface area contributed by atoms with Crippen molar-refractivity contribution in [3.05, 3.63) is 53.6 Å². The van der Waals surface area contributed by atoms with Crippen molar-refractivity contribution in [2.75, 3.05) is 6.26 Å². The van der Waals surface area contributed by atoms with Crippen molar-refractivity contribution in [2.24, 2.45) is 0 Å². The molecule has 0 aliphatic carbocycles. The van der Waals surface area contributed by atoms with Gasteiger partial charge in [0.1, 0.15) is 17.1 Å². The summed E-state index contributed by atoms with van der Waals surface area (Å²) in [5.74, 6) is -3.02. The molecule has 1 N–H and O–H groups in total.